The number of carbonyl (C=O) groups is 1. The number of nitrogens with one attached hydrogen (secondary N) is 1. The molecule has 1 aliphatic heterocycles. The van der Waals surface area contributed by atoms with Crippen LogP contribution < -0.4 is 5.32 Å². The van der Waals surface area contributed by atoms with Crippen LogP contribution >= 0.6 is 0 Å². The summed E-state index contributed by atoms with van der Waals surface area (Å²) in [6, 6.07) is 0. The molecule has 3 aliphatic rings. The van der Waals surface area contributed by atoms with Gasteiger partial charge in [-0.15, -0.1) is 0 Å². The topological polar surface area (TPSA) is 41.6 Å². The maximum atomic E-state index is 12.7. The van der Waals surface area contributed by atoms with E-state index in [4.69, 9.17) is 4.74 Å². The number of hydrogen-bond donors (Lipinski definition) is 1. The Morgan fingerprint density at radius 3 is 2.53 bits per heavy atom. The number of carbonyl (C=O) groups excluding carboxylic acids is 1. The van der Waals surface area contributed by atoms with Gasteiger partial charge >= 0.3 is 5.97 Å². The van der Waals surface area contributed by atoms with Crippen molar-refractivity contribution in [2.45, 2.75) is 98.0 Å². The summed E-state index contributed by atoms with van der Waals surface area (Å²) in [5.41, 5.74) is 3.51. The second kappa shape index (κ2) is 11.1. The Kier molecular flexibility index (Phi) is 8.82. The minimum absolute atomic E-state index is 0.0399. The Balaban J connectivity index is 1.46. The van der Waals surface area contributed by atoms with Crippen molar-refractivity contribution in [2.24, 2.45) is 17.3 Å². The second-order valence-electron chi connectivity index (χ2n) is 10.4. The Labute approximate surface area is 185 Å². The summed E-state index contributed by atoms with van der Waals surface area (Å²) in [6.07, 6.45) is 12.3. The molecule has 1 heterocycles. The summed E-state index contributed by atoms with van der Waals surface area (Å²) < 4.78 is 5.90. The monoisotopic (exact) mass is 418 g/mol. The van der Waals surface area contributed by atoms with Crippen LogP contribution in [0.3, 0.4) is 0 Å². The minimum atomic E-state index is 0.0399. The van der Waals surface area contributed by atoms with Crippen LogP contribution in [0.2, 0.25) is 0 Å². The van der Waals surface area contributed by atoms with Crippen LogP contribution in [0.15, 0.2) is 11.1 Å². The van der Waals surface area contributed by atoms with Crippen molar-refractivity contribution in [2.75, 3.05) is 32.7 Å². The van der Waals surface area contributed by atoms with E-state index in [9.17, 15) is 4.79 Å². The van der Waals surface area contributed by atoms with Crippen LogP contribution in [0.1, 0.15) is 91.9 Å². The number of hydrogen-bond acceptors (Lipinski definition) is 4. The van der Waals surface area contributed by atoms with Crippen molar-refractivity contribution in [3.8, 4) is 0 Å². The first kappa shape index (κ1) is 23.8. The quantitative estimate of drug-likeness (QED) is 0.264. The molecule has 2 aliphatic carbocycles. The smallest absolute Gasteiger partial charge is 0.310 e. The van der Waals surface area contributed by atoms with E-state index in [0.717, 1.165) is 32.4 Å². The average Bonchev–Trinajstić information content (AvgIpc) is 3.01. The third kappa shape index (κ3) is 5.68. The molecular formula is C26H46N2O2. The predicted molar refractivity (Wildman–Crippen MR) is 124 cm³/mol. The van der Waals surface area contributed by atoms with Gasteiger partial charge in [-0.3, -0.25) is 4.79 Å². The van der Waals surface area contributed by atoms with Gasteiger partial charge in [0, 0.05) is 12.5 Å². The van der Waals surface area contributed by atoms with E-state index in [2.05, 4.69) is 37.9 Å². The second-order valence-corrected chi connectivity index (χ2v) is 10.4. The Bertz CT molecular complexity index is 594. The number of fused-ring (bicyclic) bond motifs is 2. The number of allylic oxidation sites excluding steroid dienone is 2. The van der Waals surface area contributed by atoms with Gasteiger partial charge in [-0.2, -0.15) is 0 Å². The summed E-state index contributed by atoms with van der Waals surface area (Å²) >= 11 is 0. The zero-order valence-electron chi connectivity index (χ0n) is 20.1. The van der Waals surface area contributed by atoms with Crippen LogP contribution in [0.4, 0.5) is 0 Å². The normalized spacial score (nSPS) is 31.1. The van der Waals surface area contributed by atoms with Crippen molar-refractivity contribution >= 4 is 5.97 Å². The maximum Gasteiger partial charge on any atom is 0.310 e. The molecule has 0 unspecified atom stereocenters. The molecule has 2 fully saturated rings. The highest BCUT2D eigenvalue weighted by Crippen LogP contribution is 2.54. The fraction of sp³-hybridized carbons (Fsp3) is 0.885. The van der Waals surface area contributed by atoms with Gasteiger partial charge in [-0.1, -0.05) is 44.8 Å². The highest BCUT2D eigenvalue weighted by Gasteiger charge is 2.52. The molecule has 0 bridgehead atoms. The zero-order valence-corrected chi connectivity index (χ0v) is 20.1. The van der Waals surface area contributed by atoms with Gasteiger partial charge in [-0.05, 0) is 89.9 Å². The van der Waals surface area contributed by atoms with Crippen LogP contribution in [-0.2, 0) is 9.53 Å². The Morgan fingerprint density at radius 2 is 1.83 bits per heavy atom. The Hall–Kier alpha value is -0.870. The van der Waals surface area contributed by atoms with Crippen molar-refractivity contribution < 1.29 is 9.53 Å². The third-order valence-electron chi connectivity index (χ3n) is 8.03. The summed E-state index contributed by atoms with van der Waals surface area (Å²) in [6.45, 7) is 14.7. The highest BCUT2D eigenvalue weighted by atomic mass is 16.6. The molecule has 1 saturated heterocycles. The lowest BCUT2D eigenvalue weighted by atomic mass is 9.59. The van der Waals surface area contributed by atoms with Crippen LogP contribution in [-0.4, -0.2) is 49.7 Å². The molecule has 172 valence electrons. The van der Waals surface area contributed by atoms with Gasteiger partial charge < -0.3 is 15.0 Å². The summed E-state index contributed by atoms with van der Waals surface area (Å²) in [5, 5.41) is 3.61. The van der Waals surface area contributed by atoms with Crippen molar-refractivity contribution in [1.82, 2.24) is 10.2 Å². The molecule has 4 nitrogen and oxygen atoms in total. The number of unbranched alkanes of at least 4 members (excludes halogenated alkanes) is 2. The molecule has 3 rings (SSSR count). The molecule has 1 saturated carbocycles. The Morgan fingerprint density at radius 1 is 1.13 bits per heavy atom. The molecule has 0 radical (unpaired) electrons. The largest absolute Gasteiger partial charge is 0.462 e. The molecule has 0 spiro atoms. The van der Waals surface area contributed by atoms with Gasteiger partial charge in [0.05, 0.1) is 5.92 Å². The lowest BCUT2D eigenvalue weighted by Gasteiger charge is -2.45. The number of esters is 1. The van der Waals surface area contributed by atoms with Gasteiger partial charge in [-0.25, -0.2) is 0 Å². The maximum absolute atomic E-state index is 12.7. The van der Waals surface area contributed by atoms with Gasteiger partial charge in [0.2, 0.25) is 0 Å². The fourth-order valence-corrected chi connectivity index (χ4v) is 6.13. The number of ether oxygens (including phenoxy) is 1. The summed E-state index contributed by atoms with van der Waals surface area (Å²) in [7, 11) is 0. The summed E-state index contributed by atoms with van der Waals surface area (Å²) in [5.74, 6) is 0.468. The number of nitrogens with zero attached hydrogens (tertiary/aromatic N) is 1. The van der Waals surface area contributed by atoms with Crippen LogP contribution in [0.25, 0.3) is 0 Å². The third-order valence-corrected chi connectivity index (χ3v) is 8.03. The van der Waals surface area contributed by atoms with Gasteiger partial charge in [0.1, 0.15) is 6.10 Å². The fourth-order valence-electron chi connectivity index (χ4n) is 6.13. The molecule has 4 atom stereocenters. The molecule has 4 heteroatoms. The average molecular weight is 419 g/mol. The van der Waals surface area contributed by atoms with E-state index in [1.54, 1.807) is 11.1 Å². The molecule has 0 aromatic rings. The first-order chi connectivity index (χ1) is 14.5. The zero-order chi connectivity index (χ0) is 21.6. The SMILES string of the molecule is CCCCN(CCCC)CCCNC[C@@H]1C(=O)O[C@H]2C[C@@]3(C)CCCC(C)=C3C[C@H]21. The standard InChI is InChI=1S/C26H46N2O2/c1-5-7-14-28(15-8-6-2)16-10-13-27-19-22-21-17-23-20(3)11-9-12-26(23,4)18-24(21)30-25(22)29/h21-22,24,27H,5-19H2,1-4H3/t21-,22-,24-,26+/m0/s1. The van der Waals surface area contributed by atoms with E-state index in [1.807, 2.05) is 0 Å². The molecule has 1 N–H and O–H groups in total. The first-order valence-electron chi connectivity index (χ1n) is 12.8. The molecule has 0 aromatic carbocycles. The van der Waals surface area contributed by atoms with Crippen LogP contribution in [0, 0.1) is 17.3 Å². The molecular weight excluding hydrogens is 372 g/mol. The van der Waals surface area contributed by atoms with Gasteiger partial charge in [0.15, 0.2) is 0 Å². The van der Waals surface area contributed by atoms with Crippen LogP contribution in [0.5, 0.6) is 0 Å². The van der Waals surface area contributed by atoms with E-state index in [1.165, 1.54) is 64.6 Å². The van der Waals surface area contributed by atoms with E-state index in [-0.39, 0.29) is 23.4 Å². The summed E-state index contributed by atoms with van der Waals surface area (Å²) in [4.78, 5) is 15.3. The lowest BCUT2D eigenvalue weighted by molar-refractivity contribution is -0.145. The predicted octanol–water partition coefficient (Wildman–Crippen LogP) is 5.33. The van der Waals surface area contributed by atoms with E-state index < -0.39 is 0 Å². The minimum Gasteiger partial charge on any atom is -0.462 e. The number of rotatable bonds is 12. The van der Waals surface area contributed by atoms with E-state index in [0.29, 0.717) is 5.92 Å². The van der Waals surface area contributed by atoms with Crippen molar-refractivity contribution in [1.29, 1.82) is 0 Å². The van der Waals surface area contributed by atoms with Crippen molar-refractivity contribution in [3.63, 3.8) is 0 Å². The lowest BCUT2D eigenvalue weighted by Crippen LogP contribution is -2.41. The highest BCUT2D eigenvalue weighted by molar-refractivity contribution is 5.76. The van der Waals surface area contributed by atoms with E-state index >= 15 is 0 Å². The van der Waals surface area contributed by atoms with Gasteiger partial charge in [0.25, 0.3) is 0 Å². The molecule has 0 aromatic heterocycles. The molecule has 0 amide bonds. The van der Waals surface area contributed by atoms with Crippen molar-refractivity contribution in [3.05, 3.63) is 11.1 Å². The molecule has 30 heavy (non-hydrogen) atoms. The first-order valence-corrected chi connectivity index (χ1v) is 12.8.